The Morgan fingerprint density at radius 3 is 2.95 bits per heavy atom. The Balaban J connectivity index is 1.73. The molecule has 2 rings (SSSR count). The normalized spacial score (nSPS) is 14.5. The van der Waals surface area contributed by atoms with Gasteiger partial charge >= 0.3 is 6.03 Å². The van der Waals surface area contributed by atoms with Crippen LogP contribution in [0.5, 0.6) is 0 Å². The van der Waals surface area contributed by atoms with Gasteiger partial charge in [-0.05, 0) is 49.8 Å². The van der Waals surface area contributed by atoms with E-state index in [2.05, 4.69) is 11.4 Å². The Hall–Kier alpha value is -1.84. The predicted molar refractivity (Wildman–Crippen MR) is 82.4 cm³/mol. The van der Waals surface area contributed by atoms with Crippen LogP contribution in [0.3, 0.4) is 0 Å². The van der Waals surface area contributed by atoms with Gasteiger partial charge in [0.05, 0.1) is 0 Å². The fraction of sp³-hybridized carbons (Fsp3) is 0.471. The highest BCUT2D eigenvalue weighted by molar-refractivity contribution is 5.73. The lowest BCUT2D eigenvalue weighted by atomic mass is 9.97. The first-order valence-electron chi connectivity index (χ1n) is 7.56. The molecule has 0 radical (unpaired) electrons. The average molecular weight is 290 g/mol. The van der Waals surface area contributed by atoms with Crippen molar-refractivity contribution in [3.8, 4) is 0 Å². The van der Waals surface area contributed by atoms with Crippen molar-refractivity contribution in [1.29, 1.82) is 0 Å². The van der Waals surface area contributed by atoms with Gasteiger partial charge in [-0.3, -0.25) is 0 Å². The lowest BCUT2D eigenvalue weighted by Gasteiger charge is -2.19. The summed E-state index contributed by atoms with van der Waals surface area (Å²) >= 11 is 0. The molecule has 1 N–H and O–H groups in total. The van der Waals surface area contributed by atoms with Crippen molar-refractivity contribution in [1.82, 2.24) is 10.2 Å². The van der Waals surface area contributed by atoms with E-state index < -0.39 is 0 Å². The molecule has 114 valence electrons. The summed E-state index contributed by atoms with van der Waals surface area (Å²) in [5.41, 5.74) is 2.25. The molecule has 0 aromatic heterocycles. The number of rotatable bonds is 5. The van der Waals surface area contributed by atoms with Gasteiger partial charge in [-0.2, -0.15) is 0 Å². The number of carbonyl (C=O) groups excluding carboxylic acids is 1. The number of halogens is 1. The van der Waals surface area contributed by atoms with Crippen LogP contribution in [0.15, 0.2) is 35.9 Å². The van der Waals surface area contributed by atoms with E-state index in [9.17, 15) is 9.18 Å². The highest BCUT2D eigenvalue weighted by Crippen LogP contribution is 2.19. The highest BCUT2D eigenvalue weighted by Gasteiger charge is 2.10. The molecular formula is C17H23FN2O. The van der Waals surface area contributed by atoms with Crippen LogP contribution in [0.4, 0.5) is 9.18 Å². The summed E-state index contributed by atoms with van der Waals surface area (Å²) in [6.07, 6.45) is 8.11. The molecule has 1 aliphatic rings. The summed E-state index contributed by atoms with van der Waals surface area (Å²) < 4.78 is 13.1. The Morgan fingerprint density at radius 2 is 2.24 bits per heavy atom. The molecule has 0 bridgehead atoms. The number of amides is 2. The van der Waals surface area contributed by atoms with Crippen LogP contribution in [0.25, 0.3) is 0 Å². The molecule has 0 spiro atoms. The number of urea groups is 1. The van der Waals surface area contributed by atoms with E-state index in [1.165, 1.54) is 37.0 Å². The van der Waals surface area contributed by atoms with Gasteiger partial charge in [0.15, 0.2) is 0 Å². The zero-order valence-corrected chi connectivity index (χ0v) is 12.6. The lowest BCUT2D eigenvalue weighted by Crippen LogP contribution is -2.37. The molecule has 0 unspecified atom stereocenters. The molecular weight excluding hydrogens is 267 g/mol. The second-order valence-electron chi connectivity index (χ2n) is 5.58. The minimum Gasteiger partial charge on any atom is -0.338 e. The molecule has 0 heterocycles. The van der Waals surface area contributed by atoms with E-state index in [0.717, 1.165) is 18.4 Å². The van der Waals surface area contributed by atoms with Crippen molar-refractivity contribution >= 4 is 6.03 Å². The number of nitrogens with zero attached hydrogens (tertiary/aromatic N) is 1. The van der Waals surface area contributed by atoms with Gasteiger partial charge in [0, 0.05) is 20.1 Å². The topological polar surface area (TPSA) is 32.3 Å². The maximum Gasteiger partial charge on any atom is 0.317 e. The van der Waals surface area contributed by atoms with E-state index >= 15 is 0 Å². The smallest absolute Gasteiger partial charge is 0.317 e. The quantitative estimate of drug-likeness (QED) is 0.821. The summed E-state index contributed by atoms with van der Waals surface area (Å²) in [5.74, 6) is -0.273. The number of hydrogen-bond donors (Lipinski definition) is 1. The van der Waals surface area contributed by atoms with Crippen molar-refractivity contribution in [2.45, 2.75) is 38.6 Å². The zero-order valence-electron chi connectivity index (χ0n) is 12.6. The molecule has 4 heteroatoms. The average Bonchev–Trinajstić information content (AvgIpc) is 2.48. The molecule has 21 heavy (non-hydrogen) atoms. The minimum atomic E-state index is -0.273. The van der Waals surface area contributed by atoms with Crippen LogP contribution >= 0.6 is 0 Å². The predicted octanol–water partition coefficient (Wildman–Crippen LogP) is 3.86. The van der Waals surface area contributed by atoms with Gasteiger partial charge in [0.2, 0.25) is 0 Å². The van der Waals surface area contributed by atoms with E-state index in [1.807, 2.05) is 6.07 Å². The summed E-state index contributed by atoms with van der Waals surface area (Å²) in [4.78, 5) is 13.5. The second kappa shape index (κ2) is 7.81. The fourth-order valence-electron chi connectivity index (χ4n) is 2.58. The van der Waals surface area contributed by atoms with Crippen LogP contribution in [0.1, 0.15) is 37.7 Å². The fourth-order valence-corrected chi connectivity index (χ4v) is 2.58. The molecule has 0 atom stereocenters. The maximum absolute atomic E-state index is 13.1. The van der Waals surface area contributed by atoms with Crippen molar-refractivity contribution < 1.29 is 9.18 Å². The maximum atomic E-state index is 13.1. The lowest BCUT2D eigenvalue weighted by molar-refractivity contribution is 0.207. The molecule has 3 nitrogen and oxygen atoms in total. The summed E-state index contributed by atoms with van der Waals surface area (Å²) in [6.45, 7) is 1.07. The SMILES string of the molecule is CN(Cc1cccc(F)c1)C(=O)NCCC1=CCCCC1. The van der Waals surface area contributed by atoms with E-state index in [0.29, 0.717) is 13.1 Å². The number of benzene rings is 1. The van der Waals surface area contributed by atoms with Gasteiger partial charge in [0.25, 0.3) is 0 Å². The van der Waals surface area contributed by atoms with Gasteiger partial charge < -0.3 is 10.2 Å². The summed E-state index contributed by atoms with van der Waals surface area (Å²) in [7, 11) is 1.72. The van der Waals surface area contributed by atoms with Gasteiger partial charge in [0.1, 0.15) is 5.82 Å². The first-order valence-corrected chi connectivity index (χ1v) is 7.56. The van der Waals surface area contributed by atoms with E-state index in [4.69, 9.17) is 0 Å². The molecule has 1 aromatic rings. The van der Waals surface area contributed by atoms with Crippen LogP contribution in [0.2, 0.25) is 0 Å². The standard InChI is InChI=1S/C17H23FN2O/c1-20(13-15-8-5-9-16(18)12-15)17(21)19-11-10-14-6-3-2-4-7-14/h5-6,8-9,12H,2-4,7,10-11,13H2,1H3,(H,19,21). The minimum absolute atomic E-state index is 0.115. The molecule has 0 saturated carbocycles. The first kappa shape index (κ1) is 15.5. The summed E-state index contributed by atoms with van der Waals surface area (Å²) in [5, 5.41) is 2.92. The van der Waals surface area contributed by atoms with Crippen LogP contribution in [-0.2, 0) is 6.54 Å². The second-order valence-corrected chi connectivity index (χ2v) is 5.58. The van der Waals surface area contributed by atoms with Crippen molar-refractivity contribution in [2.75, 3.05) is 13.6 Å². The van der Waals surface area contributed by atoms with Crippen LogP contribution in [-0.4, -0.2) is 24.5 Å². The Kier molecular flexibility index (Phi) is 5.78. The van der Waals surface area contributed by atoms with Crippen molar-refractivity contribution in [3.05, 3.63) is 47.3 Å². The van der Waals surface area contributed by atoms with Crippen LogP contribution in [0, 0.1) is 5.82 Å². The largest absolute Gasteiger partial charge is 0.338 e. The van der Waals surface area contributed by atoms with Crippen LogP contribution < -0.4 is 5.32 Å². The van der Waals surface area contributed by atoms with Gasteiger partial charge in [-0.1, -0.05) is 23.8 Å². The third-order valence-corrected chi connectivity index (χ3v) is 3.76. The molecule has 0 saturated heterocycles. The highest BCUT2D eigenvalue weighted by atomic mass is 19.1. The van der Waals surface area contributed by atoms with E-state index in [-0.39, 0.29) is 11.8 Å². The monoisotopic (exact) mass is 290 g/mol. The molecule has 1 aromatic carbocycles. The molecule has 2 amide bonds. The Morgan fingerprint density at radius 1 is 1.38 bits per heavy atom. The van der Waals surface area contributed by atoms with Gasteiger partial charge in [-0.15, -0.1) is 0 Å². The number of allylic oxidation sites excluding steroid dienone is 1. The Labute approximate surface area is 125 Å². The molecule has 0 fully saturated rings. The van der Waals surface area contributed by atoms with Gasteiger partial charge in [-0.25, -0.2) is 9.18 Å². The van der Waals surface area contributed by atoms with E-state index in [1.54, 1.807) is 18.0 Å². The molecule has 1 aliphatic carbocycles. The Bertz CT molecular complexity index is 513. The number of carbonyl (C=O) groups is 1. The first-order chi connectivity index (χ1) is 10.1. The zero-order chi connectivity index (χ0) is 15.1. The third kappa shape index (κ3) is 5.21. The number of hydrogen-bond acceptors (Lipinski definition) is 1. The molecule has 0 aliphatic heterocycles. The van der Waals surface area contributed by atoms with Crippen molar-refractivity contribution in [2.24, 2.45) is 0 Å². The summed E-state index contributed by atoms with van der Waals surface area (Å²) in [6, 6.07) is 6.22. The van der Waals surface area contributed by atoms with Crippen molar-refractivity contribution in [3.63, 3.8) is 0 Å². The number of nitrogens with one attached hydrogen (secondary N) is 1. The third-order valence-electron chi connectivity index (χ3n) is 3.76.